The zero-order valence-corrected chi connectivity index (χ0v) is 11.0. The molecule has 17 heavy (non-hydrogen) atoms. The molecule has 0 radical (unpaired) electrons. The summed E-state index contributed by atoms with van der Waals surface area (Å²) in [5.74, 6) is 1.07. The van der Waals surface area contributed by atoms with Gasteiger partial charge in [0.2, 0.25) is 0 Å². The lowest BCUT2D eigenvalue weighted by molar-refractivity contribution is 0.823. The van der Waals surface area contributed by atoms with E-state index in [2.05, 4.69) is 49.4 Å². The van der Waals surface area contributed by atoms with Crippen molar-refractivity contribution in [3.63, 3.8) is 0 Å². The van der Waals surface area contributed by atoms with Gasteiger partial charge in [0, 0.05) is 11.0 Å². The van der Waals surface area contributed by atoms with Crippen molar-refractivity contribution in [1.29, 1.82) is 0 Å². The summed E-state index contributed by atoms with van der Waals surface area (Å²) in [5.41, 5.74) is 7.00. The van der Waals surface area contributed by atoms with Gasteiger partial charge in [-0.2, -0.15) is 11.8 Å². The van der Waals surface area contributed by atoms with Crippen LogP contribution in [-0.2, 0) is 5.75 Å². The van der Waals surface area contributed by atoms with E-state index in [-0.39, 0.29) is 0 Å². The maximum absolute atomic E-state index is 5.58. The Balaban J connectivity index is 2.13. The number of hydrogen-bond acceptors (Lipinski definition) is 2. The molecule has 2 aromatic carbocycles. The first kappa shape index (κ1) is 12.5. The van der Waals surface area contributed by atoms with Gasteiger partial charge in [0.1, 0.15) is 0 Å². The second kappa shape index (κ2) is 6.08. The van der Waals surface area contributed by atoms with Crippen LogP contribution in [0.2, 0.25) is 0 Å². The Kier molecular flexibility index (Phi) is 4.46. The quantitative estimate of drug-likeness (QED) is 0.867. The standard InChI is InChI=1S/C15H19NS/c1-12(9-10-16)17-11-14-7-4-6-13-5-2-3-8-15(13)14/h2-8,12H,9-11,16H2,1H3. The van der Waals surface area contributed by atoms with Crippen LogP contribution in [0.5, 0.6) is 0 Å². The van der Waals surface area contributed by atoms with Gasteiger partial charge >= 0.3 is 0 Å². The van der Waals surface area contributed by atoms with E-state index in [9.17, 15) is 0 Å². The summed E-state index contributed by atoms with van der Waals surface area (Å²) in [7, 11) is 0. The van der Waals surface area contributed by atoms with E-state index >= 15 is 0 Å². The molecule has 0 amide bonds. The highest BCUT2D eigenvalue weighted by Crippen LogP contribution is 2.25. The SMILES string of the molecule is CC(CCN)SCc1cccc2ccccc12. The first-order valence-corrected chi connectivity index (χ1v) is 7.14. The predicted octanol–water partition coefficient (Wildman–Crippen LogP) is 3.81. The third-order valence-corrected chi connectivity index (χ3v) is 4.26. The van der Waals surface area contributed by atoms with E-state index in [1.54, 1.807) is 0 Å². The summed E-state index contributed by atoms with van der Waals surface area (Å²) in [6.07, 6.45) is 1.09. The lowest BCUT2D eigenvalue weighted by Crippen LogP contribution is -2.07. The first-order chi connectivity index (χ1) is 8.31. The predicted molar refractivity (Wildman–Crippen MR) is 78.4 cm³/mol. The highest BCUT2D eigenvalue weighted by atomic mass is 32.2. The molecule has 1 unspecified atom stereocenters. The highest BCUT2D eigenvalue weighted by Gasteiger charge is 2.04. The average molecular weight is 245 g/mol. The van der Waals surface area contributed by atoms with Crippen molar-refractivity contribution in [2.24, 2.45) is 5.73 Å². The maximum Gasteiger partial charge on any atom is 0.0193 e. The van der Waals surface area contributed by atoms with Gasteiger partial charge in [-0.15, -0.1) is 0 Å². The minimum Gasteiger partial charge on any atom is -0.330 e. The first-order valence-electron chi connectivity index (χ1n) is 6.09. The van der Waals surface area contributed by atoms with Crippen molar-refractivity contribution in [3.8, 4) is 0 Å². The zero-order valence-electron chi connectivity index (χ0n) is 10.2. The van der Waals surface area contributed by atoms with Crippen molar-refractivity contribution >= 4 is 22.5 Å². The third kappa shape index (κ3) is 3.24. The Morgan fingerprint density at radius 3 is 2.71 bits per heavy atom. The van der Waals surface area contributed by atoms with Gasteiger partial charge in [0.15, 0.2) is 0 Å². The minimum atomic E-state index is 0.638. The number of benzene rings is 2. The Labute approximate surface area is 107 Å². The molecular weight excluding hydrogens is 226 g/mol. The van der Waals surface area contributed by atoms with Crippen LogP contribution in [0.1, 0.15) is 18.9 Å². The number of nitrogens with two attached hydrogens (primary N) is 1. The van der Waals surface area contributed by atoms with Crippen LogP contribution < -0.4 is 5.73 Å². The molecule has 1 nitrogen and oxygen atoms in total. The molecule has 0 saturated carbocycles. The van der Waals surface area contributed by atoms with Gasteiger partial charge < -0.3 is 5.73 Å². The largest absolute Gasteiger partial charge is 0.330 e. The molecule has 0 aliphatic heterocycles. The van der Waals surface area contributed by atoms with Crippen LogP contribution in [0.4, 0.5) is 0 Å². The van der Waals surface area contributed by atoms with Crippen LogP contribution >= 0.6 is 11.8 Å². The summed E-state index contributed by atoms with van der Waals surface area (Å²) in [4.78, 5) is 0. The Morgan fingerprint density at radius 1 is 1.12 bits per heavy atom. The highest BCUT2D eigenvalue weighted by molar-refractivity contribution is 7.99. The van der Waals surface area contributed by atoms with Crippen LogP contribution in [0.3, 0.4) is 0 Å². The van der Waals surface area contributed by atoms with Crippen LogP contribution in [0, 0.1) is 0 Å². The average Bonchev–Trinajstić information content (AvgIpc) is 2.36. The van der Waals surface area contributed by atoms with Gasteiger partial charge in [-0.05, 0) is 29.3 Å². The summed E-state index contributed by atoms with van der Waals surface area (Å²) in [6, 6.07) is 15.1. The van der Waals surface area contributed by atoms with E-state index in [1.807, 2.05) is 11.8 Å². The molecule has 0 heterocycles. The molecule has 2 aromatic rings. The third-order valence-electron chi connectivity index (χ3n) is 2.98. The van der Waals surface area contributed by atoms with Crippen LogP contribution in [0.25, 0.3) is 10.8 Å². The second-order valence-corrected chi connectivity index (χ2v) is 5.76. The van der Waals surface area contributed by atoms with Crippen molar-refractivity contribution in [1.82, 2.24) is 0 Å². The van der Waals surface area contributed by atoms with E-state index < -0.39 is 0 Å². The summed E-state index contributed by atoms with van der Waals surface area (Å²) >= 11 is 1.99. The molecule has 90 valence electrons. The number of fused-ring (bicyclic) bond motifs is 1. The van der Waals surface area contributed by atoms with E-state index in [0.29, 0.717) is 5.25 Å². The van der Waals surface area contributed by atoms with E-state index in [1.165, 1.54) is 16.3 Å². The summed E-state index contributed by atoms with van der Waals surface area (Å²) in [6.45, 7) is 3.03. The second-order valence-electron chi connectivity index (χ2n) is 4.34. The fourth-order valence-corrected chi connectivity index (χ4v) is 2.99. The normalized spacial score (nSPS) is 12.8. The topological polar surface area (TPSA) is 26.0 Å². The molecule has 0 spiro atoms. The van der Waals surface area contributed by atoms with Crippen molar-refractivity contribution in [2.75, 3.05) is 6.54 Å². The Morgan fingerprint density at radius 2 is 1.88 bits per heavy atom. The molecule has 0 bridgehead atoms. The smallest absolute Gasteiger partial charge is 0.0193 e. The molecule has 0 aliphatic rings. The van der Waals surface area contributed by atoms with Crippen LogP contribution in [0.15, 0.2) is 42.5 Å². The summed E-state index contributed by atoms with van der Waals surface area (Å²) < 4.78 is 0. The Hall–Kier alpha value is -0.990. The fraction of sp³-hybridized carbons (Fsp3) is 0.333. The van der Waals surface area contributed by atoms with Crippen molar-refractivity contribution < 1.29 is 0 Å². The van der Waals surface area contributed by atoms with E-state index in [0.717, 1.165) is 18.7 Å². The number of thioether (sulfide) groups is 1. The molecule has 1 atom stereocenters. The zero-order chi connectivity index (χ0) is 12.1. The molecule has 2 rings (SSSR count). The lowest BCUT2D eigenvalue weighted by atomic mass is 10.1. The fourth-order valence-electron chi connectivity index (χ4n) is 1.97. The van der Waals surface area contributed by atoms with E-state index in [4.69, 9.17) is 5.73 Å². The van der Waals surface area contributed by atoms with Gasteiger partial charge in [0.05, 0.1) is 0 Å². The van der Waals surface area contributed by atoms with Crippen LogP contribution in [-0.4, -0.2) is 11.8 Å². The van der Waals surface area contributed by atoms with Crippen molar-refractivity contribution in [2.45, 2.75) is 24.3 Å². The summed E-state index contributed by atoms with van der Waals surface area (Å²) in [5, 5.41) is 3.35. The maximum atomic E-state index is 5.58. The monoisotopic (exact) mass is 245 g/mol. The van der Waals surface area contributed by atoms with Crippen molar-refractivity contribution in [3.05, 3.63) is 48.0 Å². The molecule has 0 saturated heterocycles. The number of rotatable bonds is 5. The van der Waals surface area contributed by atoms with Gasteiger partial charge in [-0.25, -0.2) is 0 Å². The lowest BCUT2D eigenvalue weighted by Gasteiger charge is -2.11. The minimum absolute atomic E-state index is 0.638. The number of hydrogen-bond donors (Lipinski definition) is 1. The molecule has 0 aliphatic carbocycles. The molecule has 0 aromatic heterocycles. The molecule has 2 N–H and O–H groups in total. The molecule has 0 fully saturated rings. The Bertz CT molecular complexity index is 476. The van der Waals surface area contributed by atoms with Gasteiger partial charge in [-0.1, -0.05) is 49.4 Å². The van der Waals surface area contributed by atoms with Gasteiger partial charge in [0.25, 0.3) is 0 Å². The molecule has 2 heteroatoms. The van der Waals surface area contributed by atoms with Gasteiger partial charge in [-0.3, -0.25) is 0 Å². The molecular formula is C15H19NS.